The van der Waals surface area contributed by atoms with Gasteiger partial charge in [-0.25, -0.2) is 10.2 Å². The average molecular weight is 656 g/mol. The van der Waals surface area contributed by atoms with Gasteiger partial charge in [-0.05, 0) is 78.7 Å². The fourth-order valence-corrected chi connectivity index (χ4v) is 4.31. The van der Waals surface area contributed by atoms with E-state index in [1.54, 1.807) is 55.5 Å². The summed E-state index contributed by atoms with van der Waals surface area (Å²) < 4.78 is 11.1. The predicted molar refractivity (Wildman–Crippen MR) is 179 cm³/mol. The maximum Gasteiger partial charge on any atom is 0.343 e. The van der Waals surface area contributed by atoms with Crippen LogP contribution in [-0.2, 0) is 4.79 Å². The molecule has 47 heavy (non-hydrogen) atoms. The molecule has 0 aromatic heterocycles. The van der Waals surface area contributed by atoms with Gasteiger partial charge in [-0.15, -0.1) is 0 Å². The van der Waals surface area contributed by atoms with E-state index in [0.717, 1.165) is 5.69 Å². The number of nitrogens with zero attached hydrogens (tertiary/aromatic N) is 3. The molecule has 13 heteroatoms. The number of hydrogen-bond acceptors (Lipinski definition) is 9. The summed E-state index contributed by atoms with van der Waals surface area (Å²) in [5.74, 6) is -1.66. The molecule has 2 N–H and O–H groups in total. The van der Waals surface area contributed by atoms with Gasteiger partial charge in [0.05, 0.1) is 33.9 Å². The molecule has 240 valence electrons. The second-order valence-corrected chi connectivity index (χ2v) is 10.4. The van der Waals surface area contributed by atoms with E-state index in [0.29, 0.717) is 11.1 Å². The van der Waals surface area contributed by atoms with Crippen LogP contribution in [0.3, 0.4) is 0 Å². The standard InChI is InChI=1S/C34H30ClN5O7/c1-4-46-31-20-23(11-18-30(31)47-34(43)24-12-16-26(17-13-24)40(44)45)21-36-38-33(42)29(19-22-9-14-25(15-10-22)39(2)3)37-32(41)27-7-5-6-8-28(27)35/h5-21H,4H2,1-3H3,(H,37,41)(H,38,42). The Morgan fingerprint density at radius 2 is 1.62 bits per heavy atom. The monoisotopic (exact) mass is 655 g/mol. The lowest BCUT2D eigenvalue weighted by Crippen LogP contribution is -2.33. The topological polar surface area (TPSA) is 152 Å². The maximum atomic E-state index is 13.2. The molecule has 0 aliphatic heterocycles. The van der Waals surface area contributed by atoms with Crippen LogP contribution in [0.15, 0.2) is 102 Å². The molecule has 0 saturated heterocycles. The molecule has 12 nitrogen and oxygen atoms in total. The zero-order valence-corrected chi connectivity index (χ0v) is 26.4. The van der Waals surface area contributed by atoms with E-state index < -0.39 is 22.7 Å². The molecule has 0 saturated carbocycles. The Morgan fingerprint density at radius 1 is 0.936 bits per heavy atom. The minimum absolute atomic E-state index is 0.0758. The SMILES string of the molecule is CCOc1cc(C=NNC(=O)C(=Cc2ccc(N(C)C)cc2)NC(=O)c2ccccc2Cl)ccc1OC(=O)c1ccc([N+](=O)[O-])cc1. The van der Waals surface area contributed by atoms with Crippen molar-refractivity contribution in [3.8, 4) is 11.5 Å². The Bertz CT molecular complexity index is 1840. The molecule has 2 amide bonds. The van der Waals surface area contributed by atoms with Crippen LogP contribution < -0.4 is 25.1 Å². The lowest BCUT2D eigenvalue weighted by Gasteiger charge is -2.13. The molecule has 0 radical (unpaired) electrons. The summed E-state index contributed by atoms with van der Waals surface area (Å²) in [5.41, 5.74) is 4.60. The number of amides is 2. The van der Waals surface area contributed by atoms with E-state index in [4.69, 9.17) is 21.1 Å². The number of esters is 1. The summed E-state index contributed by atoms with van der Waals surface area (Å²) in [6.45, 7) is 2.01. The third kappa shape index (κ3) is 9.25. The van der Waals surface area contributed by atoms with Crippen LogP contribution in [-0.4, -0.2) is 49.6 Å². The number of rotatable bonds is 12. The maximum absolute atomic E-state index is 13.2. The second kappa shape index (κ2) is 15.8. The van der Waals surface area contributed by atoms with Crippen molar-refractivity contribution in [3.63, 3.8) is 0 Å². The molecule has 4 aromatic carbocycles. The molecule has 0 spiro atoms. The Kier molecular flexibility index (Phi) is 11.4. The molecule has 0 unspecified atom stereocenters. The van der Waals surface area contributed by atoms with Crippen LogP contribution in [0.4, 0.5) is 11.4 Å². The molecule has 0 aliphatic carbocycles. The first-order chi connectivity index (χ1) is 22.5. The minimum Gasteiger partial charge on any atom is -0.490 e. The van der Waals surface area contributed by atoms with Crippen LogP contribution in [0.1, 0.15) is 38.8 Å². The van der Waals surface area contributed by atoms with E-state index in [9.17, 15) is 24.5 Å². The van der Waals surface area contributed by atoms with E-state index in [1.807, 2.05) is 31.1 Å². The van der Waals surface area contributed by atoms with Gasteiger partial charge in [-0.2, -0.15) is 5.10 Å². The van der Waals surface area contributed by atoms with Crippen molar-refractivity contribution in [1.82, 2.24) is 10.7 Å². The van der Waals surface area contributed by atoms with Crippen molar-refractivity contribution < 1.29 is 28.8 Å². The summed E-state index contributed by atoms with van der Waals surface area (Å²) in [6, 6.07) is 23.4. The van der Waals surface area contributed by atoms with Crippen LogP contribution in [0.2, 0.25) is 5.02 Å². The third-order valence-corrected chi connectivity index (χ3v) is 6.83. The van der Waals surface area contributed by atoms with Crippen molar-refractivity contribution in [2.75, 3.05) is 25.6 Å². The molecule has 4 rings (SSSR count). The number of ether oxygens (including phenoxy) is 2. The van der Waals surface area contributed by atoms with Gasteiger partial charge < -0.3 is 19.7 Å². The number of hydrazone groups is 1. The third-order valence-electron chi connectivity index (χ3n) is 6.50. The normalized spacial score (nSPS) is 11.1. The minimum atomic E-state index is -0.732. The number of carbonyl (C=O) groups excluding carboxylic acids is 3. The van der Waals surface area contributed by atoms with Crippen molar-refractivity contribution >= 4 is 53.0 Å². The van der Waals surface area contributed by atoms with Crippen molar-refractivity contribution in [2.24, 2.45) is 5.10 Å². The molecule has 0 atom stereocenters. The molecular formula is C34H30ClN5O7. The van der Waals surface area contributed by atoms with E-state index in [-0.39, 0.29) is 45.6 Å². The van der Waals surface area contributed by atoms with Gasteiger partial charge in [0.1, 0.15) is 5.70 Å². The first-order valence-corrected chi connectivity index (χ1v) is 14.6. The lowest BCUT2D eigenvalue weighted by molar-refractivity contribution is -0.384. The molecule has 4 aromatic rings. The van der Waals surface area contributed by atoms with Gasteiger partial charge in [-0.3, -0.25) is 19.7 Å². The number of nitrogens with one attached hydrogen (secondary N) is 2. The highest BCUT2D eigenvalue weighted by atomic mass is 35.5. The number of halogens is 1. The van der Waals surface area contributed by atoms with Gasteiger partial charge in [0.15, 0.2) is 11.5 Å². The van der Waals surface area contributed by atoms with Gasteiger partial charge in [0.2, 0.25) is 0 Å². The number of nitro groups is 1. The number of benzene rings is 4. The molecule has 0 fully saturated rings. The summed E-state index contributed by atoms with van der Waals surface area (Å²) >= 11 is 6.19. The fraction of sp³-hybridized carbons (Fsp3) is 0.118. The van der Waals surface area contributed by atoms with Gasteiger partial charge >= 0.3 is 5.97 Å². The van der Waals surface area contributed by atoms with Gasteiger partial charge in [0.25, 0.3) is 17.5 Å². The number of hydrogen-bond donors (Lipinski definition) is 2. The van der Waals surface area contributed by atoms with E-state index in [2.05, 4.69) is 15.8 Å². The highest BCUT2D eigenvalue weighted by Crippen LogP contribution is 2.29. The van der Waals surface area contributed by atoms with Crippen molar-refractivity contribution in [1.29, 1.82) is 0 Å². The van der Waals surface area contributed by atoms with Crippen LogP contribution in [0, 0.1) is 10.1 Å². The molecular weight excluding hydrogens is 626 g/mol. The van der Waals surface area contributed by atoms with Crippen molar-refractivity contribution in [2.45, 2.75) is 6.92 Å². The van der Waals surface area contributed by atoms with Gasteiger partial charge in [0, 0.05) is 31.9 Å². The largest absolute Gasteiger partial charge is 0.490 e. The number of nitro benzene ring substituents is 1. The quantitative estimate of drug-likeness (QED) is 0.0481. The van der Waals surface area contributed by atoms with E-state index >= 15 is 0 Å². The van der Waals surface area contributed by atoms with Crippen LogP contribution >= 0.6 is 11.6 Å². The molecule has 0 aliphatic rings. The van der Waals surface area contributed by atoms with Gasteiger partial charge in [-0.1, -0.05) is 35.9 Å². The molecule has 0 heterocycles. The Morgan fingerprint density at radius 3 is 2.26 bits per heavy atom. The Balaban J connectivity index is 1.51. The smallest absolute Gasteiger partial charge is 0.343 e. The summed E-state index contributed by atoms with van der Waals surface area (Å²) in [7, 11) is 3.82. The van der Waals surface area contributed by atoms with Crippen LogP contribution in [0.5, 0.6) is 11.5 Å². The fourth-order valence-electron chi connectivity index (χ4n) is 4.09. The Labute approximate surface area is 275 Å². The first kappa shape index (κ1) is 33.9. The summed E-state index contributed by atoms with van der Waals surface area (Å²) in [5, 5.41) is 17.8. The number of anilines is 1. The van der Waals surface area contributed by atoms with Crippen molar-refractivity contribution in [3.05, 3.63) is 134 Å². The highest BCUT2D eigenvalue weighted by molar-refractivity contribution is 6.34. The van der Waals surface area contributed by atoms with Crippen LogP contribution in [0.25, 0.3) is 6.08 Å². The zero-order valence-electron chi connectivity index (χ0n) is 25.6. The first-order valence-electron chi connectivity index (χ1n) is 14.2. The number of non-ortho nitro benzene ring substituents is 1. The zero-order chi connectivity index (χ0) is 33.9. The van der Waals surface area contributed by atoms with E-state index in [1.165, 1.54) is 42.6 Å². The summed E-state index contributed by atoms with van der Waals surface area (Å²) in [4.78, 5) is 51.1. The lowest BCUT2D eigenvalue weighted by atomic mass is 10.1. The average Bonchev–Trinajstić information content (AvgIpc) is 3.06. The summed E-state index contributed by atoms with van der Waals surface area (Å²) in [6.07, 6.45) is 2.86. The molecule has 0 bridgehead atoms. The number of carbonyl (C=O) groups is 3. The second-order valence-electron chi connectivity index (χ2n) is 10.0. The highest BCUT2D eigenvalue weighted by Gasteiger charge is 2.17. The predicted octanol–water partition coefficient (Wildman–Crippen LogP) is 5.85. The Hall–Kier alpha value is -6.01.